The predicted octanol–water partition coefficient (Wildman–Crippen LogP) is -0.252. The van der Waals surface area contributed by atoms with Gasteiger partial charge in [-0.1, -0.05) is 29.8 Å². The molecule has 0 unspecified atom stereocenters. The number of amides is 1. The maximum atomic E-state index is 12.0. The van der Waals surface area contributed by atoms with Gasteiger partial charge in [0.15, 0.2) is 0 Å². The Morgan fingerprint density at radius 2 is 1.90 bits per heavy atom. The largest absolute Gasteiger partial charge is 1.00 e. The van der Waals surface area contributed by atoms with Crippen LogP contribution in [0.15, 0.2) is 47.6 Å². The smallest absolute Gasteiger partial charge is 0.255 e. The van der Waals surface area contributed by atoms with Gasteiger partial charge in [-0.25, -0.2) is 0 Å². The Balaban J connectivity index is 0.00000200. The second-order valence-corrected chi connectivity index (χ2v) is 4.47. The minimum Gasteiger partial charge on any atom is -1.00 e. The number of rotatable bonds is 3. The van der Waals surface area contributed by atoms with Crippen molar-refractivity contribution in [2.24, 2.45) is 5.11 Å². The van der Waals surface area contributed by atoms with Crippen LogP contribution in [-0.2, 0) is 0 Å². The second-order valence-electron chi connectivity index (χ2n) is 4.07. The number of nitrogens with two attached hydrogens (primary N) is 1. The van der Waals surface area contributed by atoms with Crippen molar-refractivity contribution in [3.8, 4) is 0 Å². The van der Waals surface area contributed by atoms with Gasteiger partial charge < -0.3 is 17.7 Å². The molecule has 0 aliphatic carbocycles. The van der Waals surface area contributed by atoms with E-state index in [1.54, 1.807) is 36.4 Å². The van der Waals surface area contributed by atoms with E-state index in [1.165, 1.54) is 0 Å². The molecule has 0 bridgehead atoms. The summed E-state index contributed by atoms with van der Waals surface area (Å²) >= 11 is 6.08. The van der Waals surface area contributed by atoms with E-state index >= 15 is 0 Å². The first-order chi connectivity index (χ1) is 9.11. The van der Waals surface area contributed by atoms with Crippen molar-refractivity contribution in [2.75, 3.05) is 5.32 Å². The first kappa shape index (κ1) is 16.1. The van der Waals surface area contributed by atoms with Crippen molar-refractivity contribution >= 4 is 28.9 Å². The zero-order valence-electron chi connectivity index (χ0n) is 10.7. The lowest BCUT2D eigenvalue weighted by molar-refractivity contribution is -0.210. The van der Waals surface area contributed by atoms with E-state index in [1.807, 2.05) is 13.0 Å². The summed E-state index contributed by atoms with van der Waals surface area (Å²) in [5, 5.41) is 6.78. The van der Waals surface area contributed by atoms with Crippen LogP contribution in [0.5, 0.6) is 0 Å². The molecule has 0 saturated carbocycles. The molecule has 2 rings (SSSR count). The van der Waals surface area contributed by atoms with Crippen LogP contribution in [0.2, 0.25) is 5.02 Å². The number of nitrogens with one attached hydrogen (secondary N) is 1. The van der Waals surface area contributed by atoms with Crippen LogP contribution >= 0.6 is 11.6 Å². The normalized spacial score (nSPS) is 9.50. The van der Waals surface area contributed by atoms with Crippen molar-refractivity contribution < 1.29 is 22.7 Å². The second kappa shape index (κ2) is 7.03. The molecule has 0 saturated heterocycles. The molecule has 0 radical (unpaired) electrons. The van der Waals surface area contributed by atoms with E-state index in [-0.39, 0.29) is 18.3 Å². The van der Waals surface area contributed by atoms with Crippen LogP contribution in [0.1, 0.15) is 15.9 Å². The van der Waals surface area contributed by atoms with Crippen molar-refractivity contribution in [1.29, 1.82) is 0 Å². The van der Waals surface area contributed by atoms with Crippen LogP contribution in [0.3, 0.4) is 0 Å². The highest BCUT2D eigenvalue weighted by atomic mass is 35.5. The first-order valence-corrected chi connectivity index (χ1v) is 6.07. The molecule has 0 aliphatic rings. The van der Waals surface area contributed by atoms with E-state index in [0.717, 1.165) is 5.56 Å². The number of anilines is 1. The minimum absolute atomic E-state index is 0. The third kappa shape index (κ3) is 3.56. The number of carbonyl (C=O) groups excluding carboxylic acids is 1. The standard InChI is InChI=1S/C14H12ClN3O.ClH/c1-9-7-13(11(15)8-12(9)18-16)17-14(19)10-5-3-2-4-6-10;/h2-8,16H,1H3,(H,17,19);1H. The Morgan fingerprint density at radius 1 is 1.25 bits per heavy atom. The molecule has 104 valence electrons. The molecule has 0 fully saturated rings. The summed E-state index contributed by atoms with van der Waals surface area (Å²) in [5.41, 5.74) is 7.80. The Hall–Kier alpha value is -1.91. The Bertz CT molecular complexity index is 630. The molecule has 6 heteroatoms. The fourth-order valence-electron chi connectivity index (χ4n) is 1.69. The molecule has 4 nitrogen and oxygen atoms in total. The summed E-state index contributed by atoms with van der Waals surface area (Å²) in [6, 6.07) is 12.3. The average molecular weight is 310 g/mol. The first-order valence-electron chi connectivity index (χ1n) is 5.69. The van der Waals surface area contributed by atoms with Crippen molar-refractivity contribution in [1.82, 2.24) is 0 Å². The summed E-state index contributed by atoms with van der Waals surface area (Å²) < 4.78 is 0. The molecular weight excluding hydrogens is 297 g/mol. The molecular formula is C14H13Cl2N3O. The monoisotopic (exact) mass is 309 g/mol. The van der Waals surface area contributed by atoms with Gasteiger partial charge in [0.05, 0.1) is 10.7 Å². The number of halogens is 2. The summed E-state index contributed by atoms with van der Waals surface area (Å²) in [4.78, 5) is 12.0. The maximum Gasteiger partial charge on any atom is 0.255 e. The van der Waals surface area contributed by atoms with Crippen LogP contribution in [-0.4, -0.2) is 5.91 Å². The van der Waals surface area contributed by atoms with Gasteiger partial charge in [-0.3, -0.25) is 4.79 Å². The number of carbonyl (C=O) groups is 1. The molecule has 0 heterocycles. The molecule has 0 aliphatic heterocycles. The summed E-state index contributed by atoms with van der Waals surface area (Å²) in [5.74, 6) is -0.209. The van der Waals surface area contributed by atoms with Gasteiger partial charge in [-0.15, -0.1) is 0 Å². The summed E-state index contributed by atoms with van der Waals surface area (Å²) in [6.45, 7) is 1.85. The topological polar surface area (TPSA) is 67.0 Å². The molecule has 2 aromatic rings. The Labute approximate surface area is 128 Å². The van der Waals surface area contributed by atoms with E-state index in [9.17, 15) is 4.79 Å². The van der Waals surface area contributed by atoms with Gasteiger partial charge in [-0.05, 0) is 41.9 Å². The molecule has 0 atom stereocenters. The van der Waals surface area contributed by atoms with Crippen molar-refractivity contribution in [3.05, 3.63) is 58.6 Å². The van der Waals surface area contributed by atoms with Crippen molar-refractivity contribution in [3.63, 3.8) is 0 Å². The third-order valence-corrected chi connectivity index (χ3v) is 3.02. The Morgan fingerprint density at radius 3 is 2.50 bits per heavy atom. The Kier molecular flexibility index (Phi) is 5.67. The summed E-state index contributed by atoms with van der Waals surface area (Å²) in [7, 11) is 0. The van der Waals surface area contributed by atoms with Gasteiger partial charge in [-0.2, -0.15) is 5.53 Å². The van der Waals surface area contributed by atoms with E-state index in [0.29, 0.717) is 22.0 Å². The fraction of sp³-hybridized carbons (Fsp3) is 0.0714. The van der Waals surface area contributed by atoms with Gasteiger partial charge in [0.1, 0.15) is 5.69 Å². The lowest BCUT2D eigenvalue weighted by atomic mass is 10.1. The number of aryl methyl sites for hydroxylation is 1. The third-order valence-electron chi connectivity index (χ3n) is 2.71. The molecule has 3 N–H and O–H groups in total. The maximum absolute atomic E-state index is 12.0. The van der Waals surface area contributed by atoms with E-state index in [4.69, 9.17) is 17.1 Å². The van der Waals surface area contributed by atoms with Gasteiger partial charge in [0, 0.05) is 5.56 Å². The average Bonchev–Trinajstić information content (AvgIpc) is 2.43. The van der Waals surface area contributed by atoms with Crippen molar-refractivity contribution in [2.45, 2.75) is 6.92 Å². The lowest BCUT2D eigenvalue weighted by Gasteiger charge is -2.09. The highest BCUT2D eigenvalue weighted by Crippen LogP contribution is 2.30. The number of hydrogen-bond donors (Lipinski definition) is 2. The van der Waals surface area contributed by atoms with Crippen LogP contribution in [0.4, 0.5) is 11.4 Å². The zero-order valence-corrected chi connectivity index (χ0v) is 12.2. The highest BCUT2D eigenvalue weighted by molar-refractivity contribution is 6.34. The molecule has 2 aromatic carbocycles. The number of nitrogens with zero attached hydrogens (tertiary/aromatic N) is 1. The molecule has 0 spiro atoms. The fourth-order valence-corrected chi connectivity index (χ4v) is 1.90. The SMILES string of the molecule is Cc1cc(NC(=O)c2ccccc2)c(Cl)cc1N=[NH2+].[Cl-]. The van der Waals surface area contributed by atoms with E-state index in [2.05, 4.69) is 10.4 Å². The number of hydrogen-bond acceptors (Lipinski definition) is 2. The predicted molar refractivity (Wildman–Crippen MR) is 74.6 cm³/mol. The molecule has 20 heavy (non-hydrogen) atoms. The quantitative estimate of drug-likeness (QED) is 0.754. The van der Waals surface area contributed by atoms with Crippen LogP contribution in [0, 0.1) is 6.92 Å². The lowest BCUT2D eigenvalue weighted by Crippen LogP contribution is -3.00. The highest BCUT2D eigenvalue weighted by Gasteiger charge is 2.11. The van der Waals surface area contributed by atoms with Crippen LogP contribution in [0.25, 0.3) is 0 Å². The zero-order chi connectivity index (χ0) is 13.8. The van der Waals surface area contributed by atoms with Gasteiger partial charge in [0.25, 0.3) is 5.91 Å². The molecule has 0 aromatic heterocycles. The molecule has 1 amide bonds. The summed E-state index contributed by atoms with van der Waals surface area (Å²) in [6.07, 6.45) is 0. The van der Waals surface area contributed by atoms with Gasteiger partial charge in [0.2, 0.25) is 0 Å². The van der Waals surface area contributed by atoms with Gasteiger partial charge >= 0.3 is 0 Å². The number of benzene rings is 2. The van der Waals surface area contributed by atoms with Crippen LogP contribution < -0.4 is 23.3 Å². The van der Waals surface area contributed by atoms with E-state index < -0.39 is 0 Å². The minimum atomic E-state index is -0.209.